The molecule has 92 valence electrons. The molecule has 0 amide bonds. The summed E-state index contributed by atoms with van der Waals surface area (Å²) in [6, 6.07) is 0. The number of hydrogen-bond donors (Lipinski definition) is 1. The average molecular weight is 294 g/mol. The highest BCUT2D eigenvalue weighted by Gasteiger charge is 2.25. The summed E-state index contributed by atoms with van der Waals surface area (Å²) < 4.78 is 4.03. The van der Waals surface area contributed by atoms with Gasteiger partial charge in [-0.25, -0.2) is 9.59 Å². The number of hydroxylamine groups is 1. The Bertz CT molecular complexity index is 283. The van der Waals surface area contributed by atoms with E-state index in [0.29, 0.717) is 5.57 Å². The first kappa shape index (κ1) is 15.1. The molecule has 5 nitrogen and oxygen atoms in total. The molecular weight excluding hydrogens is 278 g/mol. The van der Waals surface area contributed by atoms with Crippen LogP contribution in [-0.4, -0.2) is 29.4 Å². The van der Waals surface area contributed by atoms with Crippen molar-refractivity contribution in [3.05, 3.63) is 12.2 Å². The minimum Gasteiger partial charge on any atom is -0.461 e. The number of carbonyl (C=O) groups excluding carboxylic acids is 2. The molecule has 0 saturated heterocycles. The minimum atomic E-state index is -0.742. The summed E-state index contributed by atoms with van der Waals surface area (Å²) in [5.74, 6) is -0.910. The summed E-state index contributed by atoms with van der Waals surface area (Å²) in [4.78, 5) is 26.8. The lowest BCUT2D eigenvalue weighted by atomic mass is 10.2. The zero-order valence-corrected chi connectivity index (χ0v) is 11.2. The van der Waals surface area contributed by atoms with Gasteiger partial charge in [-0.05, 0) is 20.8 Å². The van der Waals surface area contributed by atoms with Crippen LogP contribution < -0.4 is 5.48 Å². The highest BCUT2D eigenvalue weighted by atomic mass is 79.9. The largest absolute Gasteiger partial charge is 0.461 e. The maximum atomic E-state index is 11.2. The van der Waals surface area contributed by atoms with Crippen molar-refractivity contribution < 1.29 is 19.2 Å². The van der Waals surface area contributed by atoms with Crippen LogP contribution in [0.2, 0.25) is 0 Å². The van der Waals surface area contributed by atoms with Gasteiger partial charge in [-0.15, -0.1) is 5.48 Å². The molecule has 0 aromatic carbocycles. The third-order valence-corrected chi connectivity index (χ3v) is 1.76. The van der Waals surface area contributed by atoms with E-state index >= 15 is 0 Å². The lowest BCUT2D eigenvalue weighted by Crippen LogP contribution is -2.33. The van der Waals surface area contributed by atoms with E-state index in [4.69, 9.17) is 9.57 Å². The maximum Gasteiger partial charge on any atom is 0.340 e. The standard InChI is InChI=1S/C10H16BrNO4/c1-7(2)8(13)15-6-5-12-16-9(14)10(3,4)11/h12H,1,5-6H2,2-4H3. The molecule has 0 aromatic heterocycles. The molecule has 0 aromatic rings. The first-order chi connectivity index (χ1) is 7.25. The normalized spacial score (nSPS) is 10.8. The molecule has 16 heavy (non-hydrogen) atoms. The van der Waals surface area contributed by atoms with E-state index < -0.39 is 16.3 Å². The summed E-state index contributed by atoms with van der Waals surface area (Å²) >= 11 is 3.14. The van der Waals surface area contributed by atoms with Crippen molar-refractivity contribution >= 4 is 27.9 Å². The van der Waals surface area contributed by atoms with Crippen molar-refractivity contribution in [2.75, 3.05) is 13.2 Å². The van der Waals surface area contributed by atoms with Crippen LogP contribution in [-0.2, 0) is 19.2 Å². The van der Waals surface area contributed by atoms with E-state index in [-0.39, 0.29) is 13.2 Å². The van der Waals surface area contributed by atoms with Crippen LogP contribution in [0, 0.1) is 0 Å². The zero-order chi connectivity index (χ0) is 12.8. The quantitative estimate of drug-likeness (QED) is 0.263. The van der Waals surface area contributed by atoms with E-state index in [1.165, 1.54) is 0 Å². The lowest BCUT2D eigenvalue weighted by Gasteiger charge is -2.14. The predicted octanol–water partition coefficient (Wildman–Crippen LogP) is 1.33. The summed E-state index contributed by atoms with van der Waals surface area (Å²) in [5.41, 5.74) is 2.73. The third kappa shape index (κ3) is 6.58. The number of alkyl halides is 1. The molecule has 0 fully saturated rings. The molecule has 0 aliphatic rings. The summed E-state index contributed by atoms with van der Waals surface area (Å²) in [7, 11) is 0. The van der Waals surface area contributed by atoms with Gasteiger partial charge in [0.15, 0.2) is 0 Å². The molecule has 0 rings (SSSR count). The van der Waals surface area contributed by atoms with Crippen LogP contribution in [0.4, 0.5) is 0 Å². The molecule has 0 aliphatic heterocycles. The number of carbonyl (C=O) groups is 2. The highest BCUT2D eigenvalue weighted by Crippen LogP contribution is 2.16. The number of esters is 1. The summed E-state index contributed by atoms with van der Waals surface area (Å²) in [6.07, 6.45) is 0. The minimum absolute atomic E-state index is 0.113. The highest BCUT2D eigenvalue weighted by molar-refractivity contribution is 9.10. The van der Waals surface area contributed by atoms with Crippen LogP contribution >= 0.6 is 15.9 Å². The molecule has 0 spiro atoms. The van der Waals surface area contributed by atoms with Crippen LogP contribution in [0.1, 0.15) is 20.8 Å². The Morgan fingerprint density at radius 1 is 1.44 bits per heavy atom. The van der Waals surface area contributed by atoms with Crippen molar-refractivity contribution in [2.24, 2.45) is 0 Å². The SMILES string of the molecule is C=C(C)C(=O)OCCNOC(=O)C(C)(C)Br. The van der Waals surface area contributed by atoms with Gasteiger partial charge in [0.05, 0.1) is 6.54 Å². The number of halogens is 1. The van der Waals surface area contributed by atoms with Crippen molar-refractivity contribution in [3.8, 4) is 0 Å². The summed E-state index contributed by atoms with van der Waals surface area (Å²) in [6.45, 7) is 8.66. The van der Waals surface area contributed by atoms with Crippen molar-refractivity contribution in [1.29, 1.82) is 0 Å². The van der Waals surface area contributed by atoms with Gasteiger partial charge < -0.3 is 9.57 Å². The Labute approximate surface area is 103 Å². The van der Waals surface area contributed by atoms with E-state index in [1.807, 2.05) is 0 Å². The Kier molecular flexibility index (Phi) is 6.28. The predicted molar refractivity (Wildman–Crippen MR) is 62.9 cm³/mol. The van der Waals surface area contributed by atoms with Gasteiger partial charge in [0.2, 0.25) is 0 Å². The van der Waals surface area contributed by atoms with Gasteiger partial charge in [-0.2, -0.15) is 0 Å². The van der Waals surface area contributed by atoms with Crippen LogP contribution in [0.25, 0.3) is 0 Å². The Morgan fingerprint density at radius 3 is 2.44 bits per heavy atom. The smallest absolute Gasteiger partial charge is 0.340 e. The molecule has 0 heterocycles. The van der Waals surface area contributed by atoms with Crippen LogP contribution in [0.15, 0.2) is 12.2 Å². The molecule has 6 heteroatoms. The van der Waals surface area contributed by atoms with E-state index in [2.05, 4.69) is 28.0 Å². The fourth-order valence-electron chi connectivity index (χ4n) is 0.547. The van der Waals surface area contributed by atoms with Crippen molar-refractivity contribution in [1.82, 2.24) is 5.48 Å². The van der Waals surface area contributed by atoms with Crippen molar-refractivity contribution in [3.63, 3.8) is 0 Å². The second-order valence-electron chi connectivity index (χ2n) is 3.67. The van der Waals surface area contributed by atoms with Gasteiger partial charge >= 0.3 is 11.9 Å². The third-order valence-electron chi connectivity index (χ3n) is 1.44. The first-order valence-corrected chi connectivity index (χ1v) is 5.50. The molecular formula is C10H16BrNO4. The first-order valence-electron chi connectivity index (χ1n) is 4.71. The van der Waals surface area contributed by atoms with Crippen LogP contribution in [0.3, 0.4) is 0 Å². The van der Waals surface area contributed by atoms with Gasteiger partial charge in [0.25, 0.3) is 0 Å². The van der Waals surface area contributed by atoms with E-state index in [9.17, 15) is 9.59 Å². The van der Waals surface area contributed by atoms with Gasteiger partial charge in [0.1, 0.15) is 10.9 Å². The Morgan fingerprint density at radius 2 is 2.00 bits per heavy atom. The number of nitrogens with one attached hydrogen (secondary N) is 1. The molecule has 0 bridgehead atoms. The Balaban J connectivity index is 3.59. The number of ether oxygens (including phenoxy) is 1. The monoisotopic (exact) mass is 293 g/mol. The molecule has 1 N–H and O–H groups in total. The summed E-state index contributed by atoms with van der Waals surface area (Å²) in [5, 5.41) is 0. The van der Waals surface area contributed by atoms with Crippen LogP contribution in [0.5, 0.6) is 0 Å². The van der Waals surface area contributed by atoms with Gasteiger partial charge in [0, 0.05) is 5.57 Å². The average Bonchev–Trinajstić information content (AvgIpc) is 2.14. The van der Waals surface area contributed by atoms with E-state index in [1.54, 1.807) is 20.8 Å². The zero-order valence-electron chi connectivity index (χ0n) is 9.63. The number of rotatable bonds is 6. The lowest BCUT2D eigenvalue weighted by molar-refractivity contribution is -0.153. The molecule has 0 radical (unpaired) electrons. The molecule has 0 aliphatic carbocycles. The molecule has 0 unspecified atom stereocenters. The fourth-order valence-corrected chi connectivity index (χ4v) is 0.627. The maximum absolute atomic E-state index is 11.2. The molecule has 0 saturated carbocycles. The van der Waals surface area contributed by atoms with E-state index in [0.717, 1.165) is 0 Å². The second-order valence-corrected chi connectivity index (χ2v) is 5.66. The molecule has 0 atom stereocenters. The Hall–Kier alpha value is -0.880. The second kappa shape index (κ2) is 6.65. The fraction of sp³-hybridized carbons (Fsp3) is 0.600. The topological polar surface area (TPSA) is 64.6 Å². The van der Waals surface area contributed by atoms with Gasteiger partial charge in [-0.1, -0.05) is 22.5 Å². The van der Waals surface area contributed by atoms with Crippen molar-refractivity contribution in [2.45, 2.75) is 25.1 Å². The van der Waals surface area contributed by atoms with Gasteiger partial charge in [-0.3, -0.25) is 0 Å². The number of hydrogen-bond acceptors (Lipinski definition) is 5.